The maximum absolute atomic E-state index is 12.7. The van der Waals surface area contributed by atoms with Crippen LogP contribution in [0.5, 0.6) is 0 Å². The molecule has 3 N–H and O–H groups in total. The molecule has 10 heteroatoms. The zero-order valence-electron chi connectivity index (χ0n) is 13.9. The van der Waals surface area contributed by atoms with Crippen LogP contribution in [-0.2, 0) is 19.1 Å². The summed E-state index contributed by atoms with van der Waals surface area (Å²) >= 11 is 1.17. The third-order valence-corrected chi connectivity index (χ3v) is 5.04. The molecule has 0 aliphatic carbocycles. The number of carbonyl (C=O) groups is 3. The van der Waals surface area contributed by atoms with E-state index in [4.69, 9.17) is 4.74 Å². The monoisotopic (exact) mass is 362 g/mol. The number of nitrogens with zero attached hydrogens (tertiary/aromatic N) is 1. The number of hydrogen-bond donors (Lipinski definition) is 3. The van der Waals surface area contributed by atoms with Gasteiger partial charge in [-0.25, -0.2) is 9.59 Å². The van der Waals surface area contributed by atoms with E-state index in [2.05, 4.69) is 10.1 Å². The minimum Gasteiger partial charge on any atom is -0.467 e. The van der Waals surface area contributed by atoms with Crippen LogP contribution in [-0.4, -0.2) is 81.2 Å². The first kappa shape index (κ1) is 18.8. The summed E-state index contributed by atoms with van der Waals surface area (Å²) in [4.78, 5) is 37.5. The van der Waals surface area contributed by atoms with Gasteiger partial charge in [0.05, 0.1) is 7.11 Å². The zero-order chi connectivity index (χ0) is 18.2. The number of hydrogen-bond acceptors (Lipinski definition) is 8. The van der Waals surface area contributed by atoms with E-state index < -0.39 is 53.2 Å². The first-order valence-corrected chi connectivity index (χ1v) is 8.49. The van der Waals surface area contributed by atoms with Gasteiger partial charge in [-0.15, -0.1) is 11.8 Å². The molecule has 0 aromatic rings. The summed E-state index contributed by atoms with van der Waals surface area (Å²) < 4.78 is 9.74. The quantitative estimate of drug-likeness (QED) is 0.538. The standard InChI is InChI=1S/C14H22N2O7S/c1-14(2,3)23-13(21)15-7-8(17)9(18)11-16(10(7)19)6(5-24-11)12(20)22-4/h6-9,11,17-18H,5H2,1-4H3,(H,15,21)/t6-,7-,8+,9-,11-/m0/s1. The normalized spacial score (nSPS) is 33.0. The van der Waals surface area contributed by atoms with E-state index in [0.29, 0.717) is 0 Å². The second-order valence-corrected chi connectivity index (χ2v) is 7.76. The number of fused-ring (bicyclic) bond motifs is 1. The number of aliphatic hydroxyl groups excluding tert-OH is 2. The van der Waals surface area contributed by atoms with E-state index in [1.165, 1.54) is 18.9 Å². The Morgan fingerprint density at radius 1 is 1.29 bits per heavy atom. The molecule has 0 spiro atoms. The number of alkyl carbamates (subject to hydrolysis) is 1. The van der Waals surface area contributed by atoms with Gasteiger partial charge in [0, 0.05) is 5.75 Å². The Hall–Kier alpha value is -1.52. The van der Waals surface area contributed by atoms with Crippen molar-refractivity contribution in [3.63, 3.8) is 0 Å². The number of aliphatic hydroxyl groups is 2. The van der Waals surface area contributed by atoms with Crippen LogP contribution in [0.1, 0.15) is 20.8 Å². The highest BCUT2D eigenvalue weighted by Gasteiger charge is 2.55. The van der Waals surface area contributed by atoms with Gasteiger partial charge < -0.3 is 29.9 Å². The number of carbonyl (C=O) groups excluding carboxylic acids is 3. The van der Waals surface area contributed by atoms with Crippen LogP contribution in [0.2, 0.25) is 0 Å². The van der Waals surface area contributed by atoms with Crippen molar-refractivity contribution in [1.82, 2.24) is 10.2 Å². The third-order valence-electron chi connectivity index (χ3n) is 3.68. The van der Waals surface area contributed by atoms with E-state index in [1.54, 1.807) is 20.8 Å². The van der Waals surface area contributed by atoms with E-state index in [-0.39, 0.29) is 5.75 Å². The minimum atomic E-state index is -1.50. The van der Waals surface area contributed by atoms with Gasteiger partial charge in [-0.05, 0) is 20.8 Å². The van der Waals surface area contributed by atoms with Crippen molar-refractivity contribution in [1.29, 1.82) is 0 Å². The number of esters is 1. The Morgan fingerprint density at radius 2 is 1.92 bits per heavy atom. The van der Waals surface area contributed by atoms with Crippen LogP contribution in [0, 0.1) is 0 Å². The van der Waals surface area contributed by atoms with Gasteiger partial charge in [-0.2, -0.15) is 0 Å². The molecule has 2 heterocycles. The maximum atomic E-state index is 12.7. The molecule has 0 aromatic carbocycles. The van der Waals surface area contributed by atoms with E-state index in [9.17, 15) is 24.6 Å². The van der Waals surface area contributed by atoms with Crippen molar-refractivity contribution in [2.45, 2.75) is 56.0 Å². The van der Waals surface area contributed by atoms with Crippen LogP contribution in [0.25, 0.3) is 0 Å². The number of rotatable bonds is 2. The fourth-order valence-electron chi connectivity index (χ4n) is 2.64. The van der Waals surface area contributed by atoms with Gasteiger partial charge in [-0.1, -0.05) is 0 Å². The SMILES string of the molecule is COC(=O)[C@@H]1CS[C@H]2[C@@H](O)[C@H](O)[C@H](NC(=O)OC(C)(C)C)C(=O)N12. The molecule has 0 radical (unpaired) electrons. The molecule has 136 valence electrons. The molecule has 2 rings (SSSR count). The molecular weight excluding hydrogens is 340 g/mol. The number of nitrogens with one attached hydrogen (secondary N) is 1. The molecule has 24 heavy (non-hydrogen) atoms. The van der Waals surface area contributed by atoms with E-state index >= 15 is 0 Å². The van der Waals surface area contributed by atoms with Crippen molar-refractivity contribution < 1.29 is 34.1 Å². The number of piperidine rings is 1. The lowest BCUT2D eigenvalue weighted by Crippen LogP contribution is -2.68. The molecule has 0 saturated carbocycles. The van der Waals surface area contributed by atoms with Crippen LogP contribution in [0.15, 0.2) is 0 Å². The Bertz CT molecular complexity index is 536. The molecule has 2 aliphatic heterocycles. The van der Waals surface area contributed by atoms with E-state index in [0.717, 1.165) is 4.90 Å². The first-order valence-electron chi connectivity index (χ1n) is 7.44. The predicted molar refractivity (Wildman–Crippen MR) is 84.1 cm³/mol. The number of ether oxygens (including phenoxy) is 2. The van der Waals surface area contributed by atoms with Gasteiger partial charge in [0.1, 0.15) is 35.3 Å². The lowest BCUT2D eigenvalue weighted by atomic mass is 9.97. The van der Waals surface area contributed by atoms with Gasteiger partial charge >= 0.3 is 12.1 Å². The third kappa shape index (κ3) is 3.60. The second kappa shape index (κ2) is 6.77. The average Bonchev–Trinajstić information content (AvgIpc) is 2.92. The molecule has 0 aromatic heterocycles. The molecule has 0 unspecified atom stereocenters. The molecule has 2 amide bonds. The summed E-state index contributed by atoms with van der Waals surface area (Å²) in [5.41, 5.74) is -0.786. The summed E-state index contributed by atoms with van der Waals surface area (Å²) in [6, 6.07) is -2.28. The highest BCUT2D eigenvalue weighted by molar-refractivity contribution is 8.00. The second-order valence-electron chi connectivity index (χ2n) is 6.61. The molecule has 5 atom stereocenters. The number of thioether (sulfide) groups is 1. The fourth-order valence-corrected chi connectivity index (χ4v) is 4.09. The summed E-state index contributed by atoms with van der Waals surface area (Å²) in [6.07, 6.45) is -3.72. The largest absolute Gasteiger partial charge is 0.467 e. The lowest BCUT2D eigenvalue weighted by Gasteiger charge is -2.42. The molecule has 2 saturated heterocycles. The summed E-state index contributed by atoms with van der Waals surface area (Å²) in [5.74, 6) is -1.03. The predicted octanol–water partition coefficient (Wildman–Crippen LogP) is -0.942. The topological polar surface area (TPSA) is 125 Å². The molecule has 0 bridgehead atoms. The van der Waals surface area contributed by atoms with Gasteiger partial charge in [0.15, 0.2) is 0 Å². The Labute approximate surface area is 143 Å². The van der Waals surface area contributed by atoms with Crippen molar-refractivity contribution in [2.75, 3.05) is 12.9 Å². The summed E-state index contributed by atoms with van der Waals surface area (Å²) in [5, 5.41) is 21.9. The van der Waals surface area contributed by atoms with Crippen LogP contribution < -0.4 is 5.32 Å². The fraction of sp³-hybridized carbons (Fsp3) is 0.786. The first-order chi connectivity index (χ1) is 11.1. The van der Waals surface area contributed by atoms with E-state index in [1.807, 2.05) is 0 Å². The highest BCUT2D eigenvalue weighted by atomic mass is 32.2. The smallest absolute Gasteiger partial charge is 0.408 e. The van der Waals surface area contributed by atoms with Gasteiger partial charge in [0.25, 0.3) is 0 Å². The van der Waals surface area contributed by atoms with Crippen LogP contribution in [0.3, 0.4) is 0 Å². The summed E-state index contributed by atoms with van der Waals surface area (Å²) in [7, 11) is 1.20. The van der Waals surface area contributed by atoms with Crippen LogP contribution >= 0.6 is 11.8 Å². The zero-order valence-corrected chi connectivity index (χ0v) is 14.7. The van der Waals surface area contributed by atoms with Crippen molar-refractivity contribution in [2.24, 2.45) is 0 Å². The molecule has 9 nitrogen and oxygen atoms in total. The average molecular weight is 362 g/mol. The minimum absolute atomic E-state index is 0.242. The van der Waals surface area contributed by atoms with Crippen molar-refractivity contribution in [3.8, 4) is 0 Å². The number of methoxy groups -OCH3 is 1. The van der Waals surface area contributed by atoms with Gasteiger partial charge in [0.2, 0.25) is 5.91 Å². The summed E-state index contributed by atoms with van der Waals surface area (Å²) in [6.45, 7) is 4.96. The maximum Gasteiger partial charge on any atom is 0.408 e. The van der Waals surface area contributed by atoms with Gasteiger partial charge in [-0.3, -0.25) is 4.79 Å². The molecule has 2 fully saturated rings. The highest BCUT2D eigenvalue weighted by Crippen LogP contribution is 2.37. The Kier molecular flexibility index (Phi) is 5.31. The Morgan fingerprint density at radius 3 is 2.46 bits per heavy atom. The molecule has 2 aliphatic rings. The number of amides is 2. The molecular formula is C14H22N2O7S. The van der Waals surface area contributed by atoms with Crippen molar-refractivity contribution in [3.05, 3.63) is 0 Å². The lowest BCUT2D eigenvalue weighted by molar-refractivity contribution is -0.163. The van der Waals surface area contributed by atoms with Crippen LogP contribution in [0.4, 0.5) is 4.79 Å². The van der Waals surface area contributed by atoms with Crippen molar-refractivity contribution >= 4 is 29.7 Å². The Balaban J connectivity index is 2.19.